The van der Waals surface area contributed by atoms with Gasteiger partial charge in [-0.3, -0.25) is 4.99 Å². The molecule has 0 fully saturated rings. The number of nitrogens with zero attached hydrogens (tertiary/aromatic N) is 1. The van der Waals surface area contributed by atoms with Crippen LogP contribution < -0.4 is 4.74 Å². The average Bonchev–Trinajstić information content (AvgIpc) is 2.94. The van der Waals surface area contributed by atoms with Crippen molar-refractivity contribution >= 4 is 28.8 Å². The lowest BCUT2D eigenvalue weighted by molar-refractivity contribution is 0.0527. The van der Waals surface area contributed by atoms with Crippen LogP contribution in [0.15, 0.2) is 47.5 Å². The van der Waals surface area contributed by atoms with Gasteiger partial charge in [0.15, 0.2) is 5.88 Å². The molecule has 2 aromatic carbocycles. The smallest absolute Gasteiger partial charge is 0.340 e. The standard InChI is InChI=1S/C19H18N2O4/c1-3-25-19(23)13-6-4-5-7-16(13)20-11-15-14-10-12(24-2)8-9-17(14)21-18(15)22/h4-11,21-22H,3H2,1-2H3. The molecule has 0 bridgehead atoms. The molecule has 25 heavy (non-hydrogen) atoms. The number of esters is 1. The molecule has 0 radical (unpaired) electrons. The number of aliphatic imine (C=N–C) groups is 1. The maximum Gasteiger partial charge on any atom is 0.340 e. The number of methoxy groups -OCH3 is 1. The Hall–Kier alpha value is -3.28. The number of fused-ring (bicyclic) bond motifs is 1. The fourth-order valence-electron chi connectivity index (χ4n) is 2.54. The second-order valence-electron chi connectivity index (χ2n) is 5.29. The van der Waals surface area contributed by atoms with Crippen LogP contribution in [0.25, 0.3) is 10.9 Å². The number of rotatable bonds is 5. The van der Waals surface area contributed by atoms with Gasteiger partial charge in [0, 0.05) is 17.1 Å². The third-order valence-corrected chi connectivity index (χ3v) is 3.76. The minimum atomic E-state index is -0.430. The van der Waals surface area contributed by atoms with E-state index >= 15 is 0 Å². The number of benzene rings is 2. The zero-order valence-electron chi connectivity index (χ0n) is 13.9. The first kappa shape index (κ1) is 16.6. The van der Waals surface area contributed by atoms with E-state index in [-0.39, 0.29) is 5.88 Å². The topological polar surface area (TPSA) is 83.9 Å². The van der Waals surface area contributed by atoms with Crippen molar-refractivity contribution < 1.29 is 19.4 Å². The maximum absolute atomic E-state index is 12.0. The number of ether oxygens (including phenoxy) is 2. The summed E-state index contributed by atoms with van der Waals surface area (Å²) in [7, 11) is 1.58. The second-order valence-corrected chi connectivity index (χ2v) is 5.29. The molecule has 0 aliphatic heterocycles. The van der Waals surface area contributed by atoms with Gasteiger partial charge in [0.05, 0.1) is 30.5 Å². The monoisotopic (exact) mass is 338 g/mol. The van der Waals surface area contributed by atoms with E-state index in [4.69, 9.17) is 9.47 Å². The second kappa shape index (κ2) is 7.09. The molecule has 0 spiro atoms. The third kappa shape index (κ3) is 3.33. The van der Waals surface area contributed by atoms with Crippen molar-refractivity contribution in [2.24, 2.45) is 4.99 Å². The number of hydrogen-bond donors (Lipinski definition) is 2. The Morgan fingerprint density at radius 3 is 2.84 bits per heavy atom. The molecular weight excluding hydrogens is 320 g/mol. The number of para-hydroxylation sites is 1. The summed E-state index contributed by atoms with van der Waals surface area (Å²) in [5.41, 5.74) is 2.13. The summed E-state index contributed by atoms with van der Waals surface area (Å²) in [5.74, 6) is 0.244. The van der Waals surface area contributed by atoms with Crippen molar-refractivity contribution in [3.63, 3.8) is 0 Å². The van der Waals surface area contributed by atoms with Crippen LogP contribution in [0.3, 0.4) is 0 Å². The van der Waals surface area contributed by atoms with Crippen molar-refractivity contribution in [3.05, 3.63) is 53.6 Å². The Bertz CT molecular complexity index is 944. The minimum absolute atomic E-state index is 0.000573. The highest BCUT2D eigenvalue weighted by molar-refractivity contribution is 6.04. The summed E-state index contributed by atoms with van der Waals surface area (Å²) in [5, 5.41) is 10.9. The summed E-state index contributed by atoms with van der Waals surface area (Å²) >= 11 is 0. The average molecular weight is 338 g/mol. The third-order valence-electron chi connectivity index (χ3n) is 3.76. The molecular formula is C19H18N2O4. The van der Waals surface area contributed by atoms with Crippen molar-refractivity contribution in [1.82, 2.24) is 4.98 Å². The van der Waals surface area contributed by atoms with E-state index in [9.17, 15) is 9.90 Å². The lowest BCUT2D eigenvalue weighted by atomic mass is 10.1. The summed E-state index contributed by atoms with van der Waals surface area (Å²) in [6.07, 6.45) is 1.52. The summed E-state index contributed by atoms with van der Waals surface area (Å²) in [6, 6.07) is 12.3. The summed E-state index contributed by atoms with van der Waals surface area (Å²) < 4.78 is 10.3. The molecule has 6 heteroatoms. The molecule has 1 aromatic heterocycles. The van der Waals surface area contributed by atoms with Crippen LogP contribution in [0.1, 0.15) is 22.8 Å². The maximum atomic E-state index is 12.0. The molecule has 0 atom stereocenters. The fraction of sp³-hybridized carbons (Fsp3) is 0.158. The Kier molecular flexibility index (Phi) is 4.70. The van der Waals surface area contributed by atoms with E-state index in [2.05, 4.69) is 9.98 Å². The predicted octanol–water partition coefficient (Wildman–Crippen LogP) is 3.81. The van der Waals surface area contributed by atoms with E-state index in [1.54, 1.807) is 44.4 Å². The van der Waals surface area contributed by atoms with Gasteiger partial charge in [-0.25, -0.2) is 4.79 Å². The van der Waals surface area contributed by atoms with Gasteiger partial charge in [-0.15, -0.1) is 0 Å². The fourth-order valence-corrected chi connectivity index (χ4v) is 2.54. The van der Waals surface area contributed by atoms with E-state index in [1.807, 2.05) is 12.1 Å². The SMILES string of the molecule is CCOC(=O)c1ccccc1N=Cc1c(O)[nH]c2ccc(OC)cc12. The molecule has 6 nitrogen and oxygen atoms in total. The lowest BCUT2D eigenvalue weighted by Gasteiger charge is -2.04. The number of aromatic hydroxyl groups is 1. The van der Waals surface area contributed by atoms with Crippen LogP contribution in [0, 0.1) is 0 Å². The molecule has 0 amide bonds. The van der Waals surface area contributed by atoms with Crippen LogP contribution in [0.4, 0.5) is 5.69 Å². The molecule has 3 aromatic rings. The van der Waals surface area contributed by atoms with Crippen LogP contribution in [-0.2, 0) is 4.74 Å². The predicted molar refractivity (Wildman–Crippen MR) is 96.2 cm³/mol. The van der Waals surface area contributed by atoms with Crippen LogP contribution in [0.5, 0.6) is 11.6 Å². The Balaban J connectivity index is 2.02. The van der Waals surface area contributed by atoms with E-state index in [0.29, 0.717) is 29.2 Å². The minimum Gasteiger partial charge on any atom is -0.497 e. The van der Waals surface area contributed by atoms with Crippen molar-refractivity contribution in [2.45, 2.75) is 6.92 Å². The van der Waals surface area contributed by atoms with E-state index < -0.39 is 5.97 Å². The summed E-state index contributed by atoms with van der Waals surface area (Å²) in [6.45, 7) is 2.04. The number of nitrogens with one attached hydrogen (secondary N) is 1. The molecule has 0 aliphatic carbocycles. The van der Waals surface area contributed by atoms with Gasteiger partial charge in [0.2, 0.25) is 0 Å². The van der Waals surface area contributed by atoms with Gasteiger partial charge >= 0.3 is 5.97 Å². The molecule has 1 heterocycles. The number of carbonyl (C=O) groups is 1. The van der Waals surface area contributed by atoms with E-state index in [0.717, 1.165) is 10.9 Å². The molecule has 0 aliphatic rings. The highest BCUT2D eigenvalue weighted by atomic mass is 16.5. The van der Waals surface area contributed by atoms with Gasteiger partial charge in [-0.2, -0.15) is 0 Å². The molecule has 0 saturated heterocycles. The first-order valence-electron chi connectivity index (χ1n) is 7.83. The zero-order valence-corrected chi connectivity index (χ0v) is 13.9. The first-order chi connectivity index (χ1) is 12.1. The van der Waals surface area contributed by atoms with Crippen LogP contribution in [-0.4, -0.2) is 36.0 Å². The largest absolute Gasteiger partial charge is 0.497 e. The number of carbonyl (C=O) groups excluding carboxylic acids is 1. The lowest BCUT2D eigenvalue weighted by Crippen LogP contribution is -2.04. The van der Waals surface area contributed by atoms with Gasteiger partial charge in [0.1, 0.15) is 5.75 Å². The van der Waals surface area contributed by atoms with Gasteiger partial charge < -0.3 is 19.6 Å². The zero-order chi connectivity index (χ0) is 17.8. The Labute approximate surface area is 144 Å². The molecule has 0 saturated carbocycles. The van der Waals surface area contributed by atoms with Crippen LogP contribution >= 0.6 is 0 Å². The molecule has 128 valence electrons. The van der Waals surface area contributed by atoms with Crippen LogP contribution in [0.2, 0.25) is 0 Å². The van der Waals surface area contributed by atoms with Crippen molar-refractivity contribution in [2.75, 3.05) is 13.7 Å². The number of aromatic nitrogens is 1. The van der Waals surface area contributed by atoms with Gasteiger partial charge in [0.25, 0.3) is 0 Å². The van der Waals surface area contributed by atoms with Gasteiger partial charge in [-0.1, -0.05) is 12.1 Å². The Morgan fingerprint density at radius 1 is 1.28 bits per heavy atom. The number of H-pyrrole nitrogens is 1. The molecule has 2 N–H and O–H groups in total. The molecule has 0 unspecified atom stereocenters. The highest BCUT2D eigenvalue weighted by Crippen LogP contribution is 2.30. The number of hydrogen-bond acceptors (Lipinski definition) is 5. The Morgan fingerprint density at radius 2 is 2.08 bits per heavy atom. The molecule has 3 rings (SSSR count). The van der Waals surface area contributed by atoms with Crippen molar-refractivity contribution in [1.29, 1.82) is 0 Å². The quantitative estimate of drug-likeness (QED) is 0.547. The number of aromatic amines is 1. The van der Waals surface area contributed by atoms with Crippen molar-refractivity contribution in [3.8, 4) is 11.6 Å². The highest BCUT2D eigenvalue weighted by Gasteiger charge is 2.13. The normalized spacial score (nSPS) is 11.1. The van der Waals surface area contributed by atoms with Gasteiger partial charge in [-0.05, 0) is 37.3 Å². The van der Waals surface area contributed by atoms with E-state index in [1.165, 1.54) is 6.21 Å². The summed E-state index contributed by atoms with van der Waals surface area (Å²) in [4.78, 5) is 19.3. The first-order valence-corrected chi connectivity index (χ1v) is 7.83.